The van der Waals surface area contributed by atoms with Crippen molar-refractivity contribution in [2.24, 2.45) is 5.92 Å². The standard InChI is InChI=1S/C12H17N3O5S.ClH/c1-20-12-3-2-10(6-11(12)15(16)17)21(18,19)14-8-9-4-5-13-7-9;/h2-3,6,9,13-14H,4-5,7-8H2,1H3;1H. The average molecular weight is 352 g/mol. The smallest absolute Gasteiger partial charge is 0.312 e. The van der Waals surface area contributed by atoms with Gasteiger partial charge in [0.1, 0.15) is 0 Å². The van der Waals surface area contributed by atoms with Crippen molar-refractivity contribution in [1.82, 2.24) is 10.0 Å². The van der Waals surface area contributed by atoms with E-state index >= 15 is 0 Å². The number of nitrogens with one attached hydrogen (secondary N) is 2. The molecule has 0 saturated carbocycles. The highest BCUT2D eigenvalue weighted by atomic mass is 35.5. The third-order valence-corrected chi connectivity index (χ3v) is 4.80. The molecular weight excluding hydrogens is 334 g/mol. The van der Waals surface area contributed by atoms with Crippen LogP contribution in [0.4, 0.5) is 5.69 Å². The molecule has 1 aliphatic heterocycles. The Hall–Kier alpha value is -1.42. The van der Waals surface area contributed by atoms with Gasteiger partial charge in [0.15, 0.2) is 5.75 Å². The molecule has 0 aliphatic carbocycles. The molecule has 0 amide bonds. The number of rotatable bonds is 6. The topological polar surface area (TPSA) is 111 Å². The van der Waals surface area contributed by atoms with Crippen molar-refractivity contribution in [3.63, 3.8) is 0 Å². The Morgan fingerprint density at radius 3 is 2.77 bits per heavy atom. The molecule has 1 atom stereocenters. The van der Waals surface area contributed by atoms with Crippen LogP contribution in [0.3, 0.4) is 0 Å². The third-order valence-electron chi connectivity index (χ3n) is 3.38. The van der Waals surface area contributed by atoms with E-state index in [4.69, 9.17) is 4.74 Å². The van der Waals surface area contributed by atoms with Crippen molar-refractivity contribution in [3.05, 3.63) is 28.3 Å². The van der Waals surface area contributed by atoms with E-state index in [2.05, 4.69) is 10.0 Å². The van der Waals surface area contributed by atoms with Gasteiger partial charge in [0, 0.05) is 12.6 Å². The summed E-state index contributed by atoms with van der Waals surface area (Å²) in [6.07, 6.45) is 0.908. The van der Waals surface area contributed by atoms with E-state index < -0.39 is 14.9 Å². The fraction of sp³-hybridized carbons (Fsp3) is 0.500. The molecule has 8 nitrogen and oxygen atoms in total. The number of nitro benzene ring substituents is 1. The Labute approximate surface area is 134 Å². The van der Waals surface area contributed by atoms with Gasteiger partial charge >= 0.3 is 5.69 Å². The Morgan fingerprint density at radius 2 is 2.23 bits per heavy atom. The van der Waals surface area contributed by atoms with Gasteiger partial charge in [-0.3, -0.25) is 10.1 Å². The van der Waals surface area contributed by atoms with Crippen LogP contribution in [0.2, 0.25) is 0 Å². The predicted octanol–water partition coefficient (Wildman–Crippen LogP) is 0.913. The summed E-state index contributed by atoms with van der Waals surface area (Å²) >= 11 is 0. The van der Waals surface area contributed by atoms with Gasteiger partial charge in [0.25, 0.3) is 0 Å². The lowest BCUT2D eigenvalue weighted by molar-refractivity contribution is -0.386. The lowest BCUT2D eigenvalue weighted by Gasteiger charge is -2.11. The second-order valence-electron chi connectivity index (χ2n) is 4.80. The molecule has 2 rings (SSSR count). The van der Waals surface area contributed by atoms with Crippen LogP contribution in [0.5, 0.6) is 5.75 Å². The second-order valence-corrected chi connectivity index (χ2v) is 6.57. The van der Waals surface area contributed by atoms with Crippen molar-refractivity contribution in [3.8, 4) is 5.75 Å². The largest absolute Gasteiger partial charge is 0.490 e. The molecule has 22 heavy (non-hydrogen) atoms. The zero-order chi connectivity index (χ0) is 15.5. The molecule has 2 N–H and O–H groups in total. The van der Waals surface area contributed by atoms with Crippen LogP contribution in [-0.4, -0.2) is 40.1 Å². The minimum absolute atomic E-state index is 0. The summed E-state index contributed by atoms with van der Waals surface area (Å²) in [5, 5.41) is 14.1. The summed E-state index contributed by atoms with van der Waals surface area (Å²) in [6, 6.07) is 3.58. The number of halogens is 1. The lowest BCUT2D eigenvalue weighted by atomic mass is 10.1. The van der Waals surface area contributed by atoms with Crippen LogP contribution in [0.1, 0.15) is 6.42 Å². The van der Waals surface area contributed by atoms with Crippen molar-refractivity contribution in [2.45, 2.75) is 11.3 Å². The van der Waals surface area contributed by atoms with Crippen molar-refractivity contribution in [2.75, 3.05) is 26.7 Å². The van der Waals surface area contributed by atoms with E-state index in [1.807, 2.05) is 0 Å². The second kappa shape index (κ2) is 7.73. The highest BCUT2D eigenvalue weighted by Crippen LogP contribution is 2.29. The molecule has 0 radical (unpaired) electrons. The number of nitrogens with zero attached hydrogens (tertiary/aromatic N) is 1. The van der Waals surface area contributed by atoms with E-state index in [1.165, 1.54) is 19.2 Å². The van der Waals surface area contributed by atoms with Gasteiger partial charge in [-0.2, -0.15) is 0 Å². The Balaban J connectivity index is 0.00000242. The fourth-order valence-corrected chi connectivity index (χ4v) is 3.31. The zero-order valence-corrected chi connectivity index (χ0v) is 13.6. The van der Waals surface area contributed by atoms with Gasteiger partial charge < -0.3 is 10.1 Å². The Kier molecular flexibility index (Phi) is 6.54. The lowest BCUT2D eigenvalue weighted by Crippen LogP contribution is -2.30. The first-order valence-corrected chi connectivity index (χ1v) is 7.95. The van der Waals surface area contributed by atoms with Gasteiger partial charge in [0.05, 0.1) is 16.9 Å². The predicted molar refractivity (Wildman–Crippen MR) is 83.1 cm³/mol. The summed E-state index contributed by atoms with van der Waals surface area (Å²) in [6.45, 7) is 1.96. The highest BCUT2D eigenvalue weighted by molar-refractivity contribution is 7.89. The average Bonchev–Trinajstić information content (AvgIpc) is 2.97. The quantitative estimate of drug-likeness (QED) is 0.582. The van der Waals surface area contributed by atoms with Crippen LogP contribution >= 0.6 is 12.4 Å². The number of benzene rings is 1. The number of sulfonamides is 1. The van der Waals surface area contributed by atoms with Gasteiger partial charge in [-0.1, -0.05) is 0 Å². The van der Waals surface area contributed by atoms with E-state index in [0.29, 0.717) is 6.54 Å². The summed E-state index contributed by atoms with van der Waals surface area (Å²) < 4.78 is 31.7. The molecule has 1 unspecified atom stereocenters. The first-order valence-electron chi connectivity index (χ1n) is 6.47. The van der Waals surface area contributed by atoms with Gasteiger partial charge in [0.2, 0.25) is 10.0 Å². The number of methoxy groups -OCH3 is 1. The SMILES string of the molecule is COc1ccc(S(=O)(=O)NCC2CCNC2)cc1[N+](=O)[O-].Cl. The van der Waals surface area contributed by atoms with Gasteiger partial charge in [-0.15, -0.1) is 12.4 Å². The molecule has 1 aliphatic rings. The molecule has 1 saturated heterocycles. The van der Waals surface area contributed by atoms with Crippen LogP contribution in [-0.2, 0) is 10.0 Å². The summed E-state index contributed by atoms with van der Waals surface area (Å²) in [5.74, 6) is 0.270. The van der Waals surface area contributed by atoms with Crippen LogP contribution in [0.15, 0.2) is 23.1 Å². The van der Waals surface area contributed by atoms with Crippen molar-refractivity contribution in [1.29, 1.82) is 0 Å². The van der Waals surface area contributed by atoms with Crippen LogP contribution in [0, 0.1) is 16.0 Å². The number of ether oxygens (including phenoxy) is 1. The molecule has 1 aromatic rings. The van der Waals surface area contributed by atoms with Gasteiger partial charge in [-0.05, 0) is 37.6 Å². The highest BCUT2D eigenvalue weighted by Gasteiger charge is 2.23. The summed E-state index contributed by atoms with van der Waals surface area (Å²) in [4.78, 5) is 10.1. The molecule has 0 aromatic heterocycles. The van der Waals surface area contributed by atoms with E-state index in [-0.39, 0.29) is 34.7 Å². The maximum Gasteiger partial charge on any atom is 0.312 e. The molecule has 1 aromatic carbocycles. The number of nitro groups is 1. The minimum Gasteiger partial charge on any atom is -0.490 e. The first kappa shape index (κ1) is 18.6. The van der Waals surface area contributed by atoms with Crippen LogP contribution < -0.4 is 14.8 Å². The molecule has 10 heteroatoms. The normalized spacial score (nSPS) is 17.8. The fourth-order valence-electron chi connectivity index (χ4n) is 2.18. The number of hydrogen-bond acceptors (Lipinski definition) is 6. The summed E-state index contributed by atoms with van der Waals surface area (Å²) in [5.41, 5.74) is -0.372. The Bertz CT molecular complexity index is 632. The summed E-state index contributed by atoms with van der Waals surface area (Å²) in [7, 11) is -2.47. The molecule has 0 bridgehead atoms. The van der Waals surface area contributed by atoms with E-state index in [1.54, 1.807) is 0 Å². The molecule has 0 spiro atoms. The van der Waals surface area contributed by atoms with E-state index in [0.717, 1.165) is 25.6 Å². The maximum absolute atomic E-state index is 12.2. The molecule has 124 valence electrons. The molecular formula is C12H18ClN3O5S. The zero-order valence-electron chi connectivity index (χ0n) is 11.9. The molecule has 1 heterocycles. The third kappa shape index (κ3) is 4.29. The maximum atomic E-state index is 12.2. The molecule has 1 fully saturated rings. The van der Waals surface area contributed by atoms with Crippen molar-refractivity contribution < 1.29 is 18.1 Å². The minimum atomic E-state index is -3.77. The van der Waals surface area contributed by atoms with Crippen LogP contribution in [0.25, 0.3) is 0 Å². The van der Waals surface area contributed by atoms with Crippen molar-refractivity contribution >= 4 is 28.1 Å². The first-order chi connectivity index (χ1) is 9.94. The number of hydrogen-bond donors (Lipinski definition) is 2. The monoisotopic (exact) mass is 351 g/mol. The van der Waals surface area contributed by atoms with E-state index in [9.17, 15) is 18.5 Å². The Morgan fingerprint density at radius 1 is 1.50 bits per heavy atom. The van der Waals surface area contributed by atoms with Gasteiger partial charge in [-0.25, -0.2) is 13.1 Å².